The molecular formula is C19H22N4O3S. The fourth-order valence-corrected chi connectivity index (χ4v) is 5.94. The van der Waals surface area contributed by atoms with Crippen LogP contribution >= 0.6 is 0 Å². The molecule has 3 aliphatic rings. The summed E-state index contributed by atoms with van der Waals surface area (Å²) in [7, 11) is -3.56. The summed E-state index contributed by atoms with van der Waals surface area (Å²) in [6.07, 6.45) is 1.92. The maximum atomic E-state index is 12.7. The van der Waals surface area contributed by atoms with Gasteiger partial charge in [-0.2, -0.15) is 4.98 Å². The summed E-state index contributed by atoms with van der Waals surface area (Å²) >= 11 is 0. The highest BCUT2D eigenvalue weighted by atomic mass is 32.2. The van der Waals surface area contributed by atoms with Crippen molar-refractivity contribution in [2.75, 3.05) is 17.1 Å². The highest BCUT2D eigenvalue weighted by Crippen LogP contribution is 2.41. The minimum absolute atomic E-state index is 0.0226. The van der Waals surface area contributed by atoms with Gasteiger partial charge in [-0.25, -0.2) is 18.1 Å². The SMILES string of the molecule is Cc1cccc(C)c1-c1cc2nc(n1)NS(=O)(=O)CN1C[C@H]3C[C@@H]1[C@@H](C3)O2. The molecule has 0 radical (unpaired) electrons. The van der Waals surface area contributed by atoms with E-state index in [0.29, 0.717) is 17.5 Å². The average Bonchev–Trinajstić information content (AvgIpc) is 3.12. The van der Waals surface area contributed by atoms with Crippen molar-refractivity contribution >= 4 is 16.0 Å². The third-order valence-electron chi connectivity index (χ3n) is 5.83. The number of ether oxygens (including phenoxy) is 1. The summed E-state index contributed by atoms with van der Waals surface area (Å²) in [6.45, 7) is 4.85. The standard InChI is InChI=1S/C19H22N4O3S/c1-11-4-3-5-12(2)18(11)14-8-17-21-19(20-14)22-27(24,25)10-23-9-13-6-15(23)16(7-13)26-17/h3-5,8,13,15-16H,6-7,9-10H2,1-2H3,(H,20,21,22)/t13-,15+,16+/m0/s1. The molecule has 1 aromatic heterocycles. The van der Waals surface area contributed by atoms with E-state index in [4.69, 9.17) is 4.74 Å². The number of nitrogens with one attached hydrogen (secondary N) is 1. The first-order valence-electron chi connectivity index (χ1n) is 9.25. The Morgan fingerprint density at radius 2 is 1.96 bits per heavy atom. The van der Waals surface area contributed by atoms with Crippen LogP contribution in [-0.4, -0.2) is 47.9 Å². The molecule has 2 fully saturated rings. The van der Waals surface area contributed by atoms with Gasteiger partial charge in [-0.3, -0.25) is 4.90 Å². The highest BCUT2D eigenvalue weighted by molar-refractivity contribution is 7.92. The zero-order valence-corrected chi connectivity index (χ0v) is 16.2. The van der Waals surface area contributed by atoms with Crippen LogP contribution < -0.4 is 9.46 Å². The molecule has 1 aliphatic carbocycles. The van der Waals surface area contributed by atoms with Crippen LogP contribution in [0, 0.1) is 19.8 Å². The minimum atomic E-state index is -3.56. The molecule has 1 N–H and O–H groups in total. The molecule has 8 heteroatoms. The number of sulfonamides is 1. The molecule has 3 heterocycles. The molecule has 0 amide bonds. The van der Waals surface area contributed by atoms with E-state index < -0.39 is 10.0 Å². The molecule has 0 spiro atoms. The van der Waals surface area contributed by atoms with Crippen LogP contribution in [0.25, 0.3) is 11.3 Å². The predicted octanol–water partition coefficient (Wildman–Crippen LogP) is 2.31. The molecule has 2 aliphatic heterocycles. The largest absolute Gasteiger partial charge is 0.473 e. The van der Waals surface area contributed by atoms with Gasteiger partial charge in [-0.1, -0.05) is 18.2 Å². The molecule has 142 valence electrons. The zero-order valence-electron chi connectivity index (χ0n) is 15.3. The second-order valence-electron chi connectivity index (χ2n) is 7.86. The van der Waals surface area contributed by atoms with E-state index >= 15 is 0 Å². The molecule has 2 aromatic rings. The Morgan fingerprint density at radius 1 is 1.19 bits per heavy atom. The second-order valence-corrected chi connectivity index (χ2v) is 9.55. The Bertz CT molecular complexity index is 1000. The number of anilines is 1. The maximum absolute atomic E-state index is 12.7. The monoisotopic (exact) mass is 386 g/mol. The van der Waals surface area contributed by atoms with Crippen molar-refractivity contribution in [2.45, 2.75) is 38.8 Å². The van der Waals surface area contributed by atoms with Gasteiger partial charge in [-0.05, 0) is 43.7 Å². The van der Waals surface area contributed by atoms with Gasteiger partial charge in [0.25, 0.3) is 0 Å². The lowest BCUT2D eigenvalue weighted by atomic mass is 10.00. The molecule has 1 saturated heterocycles. The lowest BCUT2D eigenvalue weighted by molar-refractivity contribution is 0.0819. The van der Waals surface area contributed by atoms with Gasteiger partial charge in [0, 0.05) is 24.2 Å². The van der Waals surface area contributed by atoms with E-state index in [1.54, 1.807) is 0 Å². The van der Waals surface area contributed by atoms with E-state index in [1.165, 1.54) is 0 Å². The summed E-state index contributed by atoms with van der Waals surface area (Å²) in [6, 6.07) is 7.99. The molecule has 0 unspecified atom stereocenters. The number of aromatic nitrogens is 2. The lowest BCUT2D eigenvalue weighted by Gasteiger charge is -2.33. The molecule has 4 bridgehead atoms. The van der Waals surface area contributed by atoms with Crippen molar-refractivity contribution in [3.05, 3.63) is 35.4 Å². The number of aryl methyl sites for hydroxylation is 2. The van der Waals surface area contributed by atoms with Crippen LogP contribution in [0.2, 0.25) is 0 Å². The Balaban J connectivity index is 1.63. The first kappa shape index (κ1) is 16.9. The topological polar surface area (TPSA) is 84.4 Å². The van der Waals surface area contributed by atoms with Gasteiger partial charge in [0.15, 0.2) is 0 Å². The number of benzene rings is 1. The molecule has 1 aromatic carbocycles. The third-order valence-corrected chi connectivity index (χ3v) is 6.99. The number of hydrogen-bond acceptors (Lipinski definition) is 6. The number of nitrogens with zero attached hydrogens (tertiary/aromatic N) is 3. The van der Waals surface area contributed by atoms with Crippen LogP contribution in [0.3, 0.4) is 0 Å². The summed E-state index contributed by atoms with van der Waals surface area (Å²) in [5.74, 6) is 0.952. The first-order valence-corrected chi connectivity index (χ1v) is 10.9. The van der Waals surface area contributed by atoms with E-state index in [1.807, 2.05) is 43.0 Å². The van der Waals surface area contributed by atoms with Crippen molar-refractivity contribution < 1.29 is 13.2 Å². The summed E-state index contributed by atoms with van der Waals surface area (Å²) < 4.78 is 34.1. The number of fused-ring (bicyclic) bond motifs is 3. The fourth-order valence-electron chi connectivity index (χ4n) is 4.77. The summed E-state index contributed by atoms with van der Waals surface area (Å²) in [5, 5.41) is 0. The maximum Gasteiger partial charge on any atom is 0.248 e. The van der Waals surface area contributed by atoms with Gasteiger partial charge in [0.2, 0.25) is 21.9 Å². The van der Waals surface area contributed by atoms with E-state index in [-0.39, 0.29) is 24.0 Å². The third kappa shape index (κ3) is 2.96. The van der Waals surface area contributed by atoms with Crippen LogP contribution in [0.5, 0.6) is 5.88 Å². The van der Waals surface area contributed by atoms with Gasteiger partial charge < -0.3 is 4.74 Å². The van der Waals surface area contributed by atoms with Gasteiger partial charge in [-0.15, -0.1) is 0 Å². The molecule has 3 atom stereocenters. The van der Waals surface area contributed by atoms with Crippen molar-refractivity contribution in [1.29, 1.82) is 0 Å². The normalized spacial score (nSPS) is 28.4. The van der Waals surface area contributed by atoms with Crippen molar-refractivity contribution in [3.63, 3.8) is 0 Å². The minimum Gasteiger partial charge on any atom is -0.473 e. The Hall–Kier alpha value is -2.19. The second kappa shape index (κ2) is 5.90. The average molecular weight is 386 g/mol. The molecule has 5 rings (SSSR count). The van der Waals surface area contributed by atoms with Crippen molar-refractivity contribution in [3.8, 4) is 17.1 Å². The van der Waals surface area contributed by atoms with E-state index in [9.17, 15) is 8.42 Å². The van der Waals surface area contributed by atoms with Crippen LogP contribution in [0.15, 0.2) is 24.3 Å². The number of piperidine rings is 1. The molecule has 7 nitrogen and oxygen atoms in total. The highest BCUT2D eigenvalue weighted by Gasteiger charge is 2.48. The van der Waals surface area contributed by atoms with Gasteiger partial charge in [0.1, 0.15) is 12.0 Å². The van der Waals surface area contributed by atoms with Gasteiger partial charge >= 0.3 is 0 Å². The number of hydrogen-bond donors (Lipinski definition) is 1. The predicted molar refractivity (Wildman–Crippen MR) is 102 cm³/mol. The van der Waals surface area contributed by atoms with E-state index in [0.717, 1.165) is 36.1 Å². The lowest BCUT2D eigenvalue weighted by Crippen LogP contribution is -2.47. The Morgan fingerprint density at radius 3 is 2.70 bits per heavy atom. The molecule has 27 heavy (non-hydrogen) atoms. The van der Waals surface area contributed by atoms with Crippen molar-refractivity contribution in [2.24, 2.45) is 5.92 Å². The van der Waals surface area contributed by atoms with E-state index in [2.05, 4.69) is 14.7 Å². The van der Waals surface area contributed by atoms with Crippen LogP contribution in [0.4, 0.5) is 5.95 Å². The van der Waals surface area contributed by atoms with Crippen molar-refractivity contribution in [1.82, 2.24) is 14.9 Å². The smallest absolute Gasteiger partial charge is 0.248 e. The fraction of sp³-hybridized carbons (Fsp3) is 0.474. The Kier molecular flexibility index (Phi) is 3.70. The molecule has 1 saturated carbocycles. The molecular weight excluding hydrogens is 364 g/mol. The number of rotatable bonds is 1. The summed E-state index contributed by atoms with van der Waals surface area (Å²) in [4.78, 5) is 10.8. The quantitative estimate of drug-likeness (QED) is 0.810. The van der Waals surface area contributed by atoms with Crippen LogP contribution in [0.1, 0.15) is 24.0 Å². The summed E-state index contributed by atoms with van der Waals surface area (Å²) in [5.41, 5.74) is 3.81. The Labute approximate surface area is 158 Å². The first-order chi connectivity index (χ1) is 12.9. The van der Waals surface area contributed by atoms with Gasteiger partial charge in [0.05, 0.1) is 5.69 Å². The zero-order chi connectivity index (χ0) is 18.8. The van der Waals surface area contributed by atoms with Crippen LogP contribution in [-0.2, 0) is 10.0 Å².